The van der Waals surface area contributed by atoms with Crippen LogP contribution in [0.15, 0.2) is 82.7 Å². The first kappa shape index (κ1) is 20.9. The summed E-state index contributed by atoms with van der Waals surface area (Å²) in [6.07, 6.45) is 1.56. The monoisotopic (exact) mass is 432 g/mol. The first-order chi connectivity index (χ1) is 14.8. The molecule has 0 fully saturated rings. The molecular weight excluding hydrogens is 408 g/mol. The number of carbonyl (C=O) groups is 1. The van der Waals surface area contributed by atoms with E-state index in [0.29, 0.717) is 10.9 Å². The second kappa shape index (κ2) is 8.04. The molecule has 0 radical (unpaired) electrons. The number of nitrogens with zero attached hydrogens (tertiary/aromatic N) is 1. The third-order valence-electron chi connectivity index (χ3n) is 5.35. The van der Waals surface area contributed by atoms with Crippen molar-refractivity contribution in [3.05, 3.63) is 89.6 Å². The first-order valence-corrected chi connectivity index (χ1v) is 11.5. The van der Waals surface area contributed by atoms with Gasteiger partial charge >= 0.3 is 0 Å². The lowest BCUT2D eigenvalue weighted by atomic mass is 10.1. The average Bonchev–Trinajstić information content (AvgIpc) is 3.10. The van der Waals surface area contributed by atoms with Gasteiger partial charge in [-0.15, -0.1) is 0 Å². The molecule has 0 aliphatic heterocycles. The Kier molecular flexibility index (Phi) is 5.41. The zero-order chi connectivity index (χ0) is 22.2. The van der Waals surface area contributed by atoms with Crippen molar-refractivity contribution < 1.29 is 13.2 Å². The molecule has 1 N–H and O–H groups in total. The van der Waals surface area contributed by atoms with Crippen molar-refractivity contribution >= 4 is 32.3 Å². The normalized spacial score (nSPS) is 11.6. The fourth-order valence-corrected chi connectivity index (χ4v) is 5.09. The number of nitrogens with one attached hydrogen (secondary N) is 1. The number of amides is 1. The van der Waals surface area contributed by atoms with Crippen LogP contribution in [-0.2, 0) is 21.2 Å². The Balaban J connectivity index is 1.71. The van der Waals surface area contributed by atoms with Crippen LogP contribution in [0.5, 0.6) is 0 Å². The largest absolute Gasteiger partial charge is 0.337 e. The zero-order valence-corrected chi connectivity index (χ0v) is 18.5. The van der Waals surface area contributed by atoms with Crippen LogP contribution in [0, 0.1) is 20.8 Å². The topological polar surface area (TPSA) is 68.2 Å². The second-order valence-electron chi connectivity index (χ2n) is 7.82. The van der Waals surface area contributed by atoms with E-state index in [2.05, 4.69) is 5.32 Å². The molecule has 0 spiro atoms. The molecule has 1 amide bonds. The van der Waals surface area contributed by atoms with Gasteiger partial charge < -0.3 is 9.88 Å². The van der Waals surface area contributed by atoms with E-state index in [4.69, 9.17) is 0 Å². The molecule has 6 heteroatoms. The summed E-state index contributed by atoms with van der Waals surface area (Å²) in [6.45, 7) is 5.83. The summed E-state index contributed by atoms with van der Waals surface area (Å²) in [4.78, 5) is 13.2. The van der Waals surface area contributed by atoms with E-state index in [1.807, 2.05) is 51.1 Å². The fraction of sp³-hybridized carbons (Fsp3) is 0.160. The second-order valence-corrected chi connectivity index (χ2v) is 9.74. The molecule has 1 heterocycles. The van der Waals surface area contributed by atoms with Crippen LogP contribution in [-0.4, -0.2) is 18.9 Å². The maximum absolute atomic E-state index is 13.3. The number of anilines is 1. The Morgan fingerprint density at radius 2 is 1.58 bits per heavy atom. The summed E-state index contributed by atoms with van der Waals surface area (Å²) in [6, 6.07) is 19.9. The summed E-state index contributed by atoms with van der Waals surface area (Å²) < 4.78 is 28.3. The number of hydrogen-bond acceptors (Lipinski definition) is 3. The summed E-state index contributed by atoms with van der Waals surface area (Å²) >= 11 is 0. The van der Waals surface area contributed by atoms with Gasteiger partial charge in [0.2, 0.25) is 15.7 Å². The molecule has 0 aliphatic rings. The summed E-state index contributed by atoms with van der Waals surface area (Å²) in [5.41, 5.74) is 4.47. The number of fused-ring (bicyclic) bond motifs is 1. The number of aryl methyl sites for hydroxylation is 3. The van der Waals surface area contributed by atoms with E-state index in [1.165, 1.54) is 0 Å². The van der Waals surface area contributed by atoms with E-state index in [0.717, 1.165) is 22.4 Å². The van der Waals surface area contributed by atoms with Crippen molar-refractivity contribution in [1.82, 2.24) is 4.57 Å². The van der Waals surface area contributed by atoms with E-state index in [9.17, 15) is 13.2 Å². The Bertz CT molecular complexity index is 1380. The molecule has 158 valence electrons. The lowest BCUT2D eigenvalue weighted by Gasteiger charge is -2.10. The molecule has 3 aromatic carbocycles. The molecule has 0 bridgehead atoms. The smallest absolute Gasteiger partial charge is 0.244 e. The van der Waals surface area contributed by atoms with Gasteiger partial charge in [-0.3, -0.25) is 4.79 Å². The highest BCUT2D eigenvalue weighted by atomic mass is 32.2. The molecule has 31 heavy (non-hydrogen) atoms. The maximum atomic E-state index is 13.3. The molecule has 0 saturated heterocycles. The molecule has 5 nitrogen and oxygen atoms in total. The summed E-state index contributed by atoms with van der Waals surface area (Å²) in [7, 11) is -3.72. The lowest BCUT2D eigenvalue weighted by molar-refractivity contribution is -0.116. The minimum absolute atomic E-state index is 0.0112. The number of benzene rings is 3. The Morgan fingerprint density at radius 1 is 0.903 bits per heavy atom. The molecule has 0 aliphatic carbocycles. The zero-order valence-electron chi connectivity index (χ0n) is 17.7. The Morgan fingerprint density at radius 3 is 2.32 bits per heavy atom. The maximum Gasteiger partial charge on any atom is 0.244 e. The molecule has 1 aromatic heterocycles. The van der Waals surface area contributed by atoms with Crippen molar-refractivity contribution in [2.45, 2.75) is 37.1 Å². The van der Waals surface area contributed by atoms with Crippen molar-refractivity contribution in [1.29, 1.82) is 0 Å². The van der Waals surface area contributed by atoms with Gasteiger partial charge in [0.15, 0.2) is 0 Å². The van der Waals surface area contributed by atoms with Crippen molar-refractivity contribution in [2.24, 2.45) is 0 Å². The van der Waals surface area contributed by atoms with Crippen LogP contribution in [0.4, 0.5) is 5.69 Å². The van der Waals surface area contributed by atoms with Gasteiger partial charge in [0, 0.05) is 22.8 Å². The standard InChI is InChI=1S/C25H24N2O3S/c1-17-9-12-20(13-10-17)31(29,30)24-15-27(23-7-5-4-6-21(23)24)16-25(28)26-22-14-18(2)8-11-19(22)3/h4-15H,16H2,1-3H3,(H,26,28). The third kappa shape index (κ3) is 4.11. The van der Waals surface area contributed by atoms with Gasteiger partial charge in [0.1, 0.15) is 6.54 Å². The molecular formula is C25H24N2O3S. The van der Waals surface area contributed by atoms with Crippen molar-refractivity contribution in [3.63, 3.8) is 0 Å². The average molecular weight is 433 g/mol. The Hall–Kier alpha value is -3.38. The molecule has 4 aromatic rings. The number of para-hydroxylation sites is 1. The number of sulfone groups is 1. The van der Waals surface area contributed by atoms with Crippen LogP contribution in [0.3, 0.4) is 0 Å². The van der Waals surface area contributed by atoms with Gasteiger partial charge in [0.25, 0.3) is 0 Å². The van der Waals surface area contributed by atoms with Crippen molar-refractivity contribution in [3.8, 4) is 0 Å². The third-order valence-corrected chi connectivity index (χ3v) is 7.15. The summed E-state index contributed by atoms with van der Waals surface area (Å²) in [5, 5.41) is 3.54. The predicted octanol–water partition coefficient (Wildman–Crippen LogP) is 5.04. The molecule has 0 unspecified atom stereocenters. The molecule has 0 saturated carbocycles. The minimum atomic E-state index is -3.72. The van der Waals surface area contributed by atoms with Crippen LogP contribution < -0.4 is 5.32 Å². The number of aromatic nitrogens is 1. The van der Waals surface area contributed by atoms with Gasteiger partial charge in [-0.2, -0.15) is 0 Å². The van der Waals surface area contributed by atoms with Gasteiger partial charge in [-0.05, 0) is 56.2 Å². The van der Waals surface area contributed by atoms with Gasteiger partial charge in [-0.25, -0.2) is 8.42 Å². The van der Waals surface area contributed by atoms with Crippen LogP contribution in [0.2, 0.25) is 0 Å². The molecule has 4 rings (SSSR count). The highest BCUT2D eigenvalue weighted by Gasteiger charge is 2.23. The number of hydrogen-bond donors (Lipinski definition) is 1. The lowest BCUT2D eigenvalue weighted by Crippen LogP contribution is -2.19. The van der Waals surface area contributed by atoms with Crippen molar-refractivity contribution in [2.75, 3.05) is 5.32 Å². The fourth-order valence-electron chi connectivity index (χ4n) is 3.62. The highest BCUT2D eigenvalue weighted by Crippen LogP contribution is 2.30. The van der Waals surface area contributed by atoms with Gasteiger partial charge in [0.05, 0.1) is 9.79 Å². The van der Waals surface area contributed by atoms with E-state index in [1.54, 1.807) is 47.2 Å². The number of carbonyl (C=O) groups excluding carboxylic acids is 1. The number of rotatable bonds is 5. The quantitative estimate of drug-likeness (QED) is 0.480. The first-order valence-electron chi connectivity index (χ1n) is 10.0. The van der Waals surface area contributed by atoms with Crippen LogP contribution >= 0.6 is 0 Å². The van der Waals surface area contributed by atoms with E-state index in [-0.39, 0.29) is 22.2 Å². The van der Waals surface area contributed by atoms with E-state index < -0.39 is 9.84 Å². The van der Waals surface area contributed by atoms with Gasteiger partial charge in [-0.1, -0.05) is 48.0 Å². The highest BCUT2D eigenvalue weighted by molar-refractivity contribution is 7.91. The minimum Gasteiger partial charge on any atom is -0.337 e. The SMILES string of the molecule is Cc1ccc(S(=O)(=O)c2cn(CC(=O)Nc3cc(C)ccc3C)c3ccccc23)cc1. The summed E-state index contributed by atoms with van der Waals surface area (Å²) in [5.74, 6) is -0.214. The van der Waals surface area contributed by atoms with Crippen LogP contribution in [0.1, 0.15) is 16.7 Å². The van der Waals surface area contributed by atoms with E-state index >= 15 is 0 Å². The predicted molar refractivity (Wildman–Crippen MR) is 123 cm³/mol. The van der Waals surface area contributed by atoms with Crippen LogP contribution in [0.25, 0.3) is 10.9 Å². The molecule has 0 atom stereocenters. The Labute approximate surface area is 182 Å².